The van der Waals surface area contributed by atoms with Crippen LogP contribution < -0.4 is 0 Å². The number of hydrogen-bond donors (Lipinski definition) is 1. The molecule has 1 heterocycles. The van der Waals surface area contributed by atoms with E-state index in [4.69, 9.17) is 5.26 Å². The molecule has 1 aromatic carbocycles. The van der Waals surface area contributed by atoms with Gasteiger partial charge in [0.2, 0.25) is 5.91 Å². The van der Waals surface area contributed by atoms with Crippen LogP contribution in [-0.2, 0) is 4.79 Å². The zero-order valence-electron chi connectivity index (χ0n) is 13.6. The topological polar surface area (TPSA) is 67.6 Å². The first-order valence-electron chi connectivity index (χ1n) is 7.90. The van der Waals surface area contributed by atoms with Gasteiger partial charge >= 0.3 is 0 Å². The number of β-amino-alcohol motifs (C(OH)–C–C–N with tert-alkyl or cyclic N) is 1. The summed E-state index contributed by atoms with van der Waals surface area (Å²) >= 11 is 0. The first-order chi connectivity index (χ1) is 11.4. The van der Waals surface area contributed by atoms with Crippen molar-refractivity contribution in [1.29, 1.82) is 5.26 Å². The first kappa shape index (κ1) is 18.3. The lowest BCUT2D eigenvalue weighted by Crippen LogP contribution is -2.33. The Morgan fingerprint density at radius 1 is 1.50 bits per heavy atom. The average Bonchev–Trinajstić information content (AvgIpc) is 2.93. The van der Waals surface area contributed by atoms with E-state index in [2.05, 4.69) is 0 Å². The van der Waals surface area contributed by atoms with E-state index in [0.29, 0.717) is 26.1 Å². The van der Waals surface area contributed by atoms with Crippen LogP contribution in [-0.4, -0.2) is 53.6 Å². The van der Waals surface area contributed by atoms with E-state index in [1.165, 1.54) is 4.90 Å². The Morgan fingerprint density at radius 2 is 2.25 bits per heavy atom. The number of halogens is 2. The zero-order chi connectivity index (χ0) is 17.7. The van der Waals surface area contributed by atoms with Gasteiger partial charge in [-0.3, -0.25) is 9.69 Å². The van der Waals surface area contributed by atoms with Crippen molar-refractivity contribution in [3.05, 3.63) is 35.4 Å². The molecule has 2 atom stereocenters. The van der Waals surface area contributed by atoms with Crippen molar-refractivity contribution in [2.24, 2.45) is 0 Å². The number of nitrogens with zero attached hydrogens (tertiary/aromatic N) is 3. The van der Waals surface area contributed by atoms with Crippen LogP contribution >= 0.6 is 0 Å². The highest BCUT2D eigenvalue weighted by Gasteiger charge is 2.34. The van der Waals surface area contributed by atoms with Gasteiger partial charge in [-0.15, -0.1) is 0 Å². The maximum atomic E-state index is 14.0. The molecule has 7 heteroatoms. The van der Waals surface area contributed by atoms with Crippen molar-refractivity contribution < 1.29 is 18.7 Å². The van der Waals surface area contributed by atoms with Crippen LogP contribution in [0.1, 0.15) is 30.9 Å². The van der Waals surface area contributed by atoms with Crippen LogP contribution in [0, 0.1) is 23.0 Å². The molecule has 0 aromatic heterocycles. The van der Waals surface area contributed by atoms with E-state index in [0.717, 1.165) is 18.2 Å². The Balaban J connectivity index is 2.02. The van der Waals surface area contributed by atoms with Crippen LogP contribution in [0.25, 0.3) is 0 Å². The normalized spacial score (nSPS) is 20.8. The Hall–Kier alpha value is -2.04. The fourth-order valence-electron chi connectivity index (χ4n) is 2.99. The van der Waals surface area contributed by atoms with Gasteiger partial charge in [0, 0.05) is 44.7 Å². The summed E-state index contributed by atoms with van der Waals surface area (Å²) in [5.74, 6) is -1.16. The molecule has 130 valence electrons. The van der Waals surface area contributed by atoms with Gasteiger partial charge in [0.25, 0.3) is 0 Å². The van der Waals surface area contributed by atoms with Gasteiger partial charge in [-0.05, 0) is 24.6 Å². The molecule has 1 amide bonds. The molecule has 1 saturated heterocycles. The van der Waals surface area contributed by atoms with E-state index in [9.17, 15) is 18.7 Å². The highest BCUT2D eigenvalue weighted by molar-refractivity contribution is 5.76. The molecule has 1 aliphatic rings. The number of aliphatic hydroxyl groups excluding tert-OH is 1. The Labute approximate surface area is 140 Å². The summed E-state index contributed by atoms with van der Waals surface area (Å²) in [7, 11) is 1.63. The summed E-state index contributed by atoms with van der Waals surface area (Å²) in [5.41, 5.74) is 0.205. The number of nitriles is 1. The van der Waals surface area contributed by atoms with Crippen molar-refractivity contribution in [3.63, 3.8) is 0 Å². The predicted molar refractivity (Wildman–Crippen MR) is 83.8 cm³/mol. The van der Waals surface area contributed by atoms with Gasteiger partial charge in [0.05, 0.1) is 18.6 Å². The van der Waals surface area contributed by atoms with Gasteiger partial charge in [-0.25, -0.2) is 8.78 Å². The summed E-state index contributed by atoms with van der Waals surface area (Å²) in [5, 5.41) is 18.4. The van der Waals surface area contributed by atoms with E-state index in [-0.39, 0.29) is 24.3 Å². The number of carbonyl (C=O) groups excluding carboxylic acids is 1. The molecule has 24 heavy (non-hydrogen) atoms. The highest BCUT2D eigenvalue weighted by atomic mass is 19.1. The number of amides is 1. The van der Waals surface area contributed by atoms with E-state index in [1.807, 2.05) is 6.07 Å². The Bertz CT molecular complexity index is 633. The number of likely N-dealkylation sites (tertiary alicyclic amines) is 1. The highest BCUT2D eigenvalue weighted by Crippen LogP contribution is 2.34. The predicted octanol–water partition coefficient (Wildman–Crippen LogP) is 1.83. The fraction of sp³-hybridized carbons (Fsp3) is 0.529. The third-order valence-electron chi connectivity index (χ3n) is 4.30. The molecule has 0 unspecified atom stereocenters. The van der Waals surface area contributed by atoms with Crippen LogP contribution in [0.5, 0.6) is 0 Å². The molecule has 1 aromatic rings. The molecule has 0 saturated carbocycles. The van der Waals surface area contributed by atoms with Crippen molar-refractivity contribution in [2.75, 3.05) is 26.7 Å². The lowest BCUT2D eigenvalue weighted by Gasteiger charge is -2.25. The van der Waals surface area contributed by atoms with E-state index in [1.54, 1.807) is 11.9 Å². The molecule has 1 N–H and O–H groups in total. The molecule has 2 rings (SSSR count). The third kappa shape index (κ3) is 4.49. The van der Waals surface area contributed by atoms with Crippen LogP contribution in [0.2, 0.25) is 0 Å². The molecule has 0 spiro atoms. The standard InChI is InChI=1S/C17H21F2N3O2/c1-21(7-2-6-20)17(24)5-8-22-11-13(23)10-16(22)14-9-12(18)3-4-15(14)19/h3-4,9,13,16,23H,2,5,7-8,10-11H2,1H3/t13-,16+/m0/s1. The molecule has 0 radical (unpaired) electrons. The van der Waals surface area contributed by atoms with Gasteiger partial charge < -0.3 is 10.0 Å². The number of benzene rings is 1. The molecule has 1 fully saturated rings. The van der Waals surface area contributed by atoms with Gasteiger partial charge in [0.1, 0.15) is 11.6 Å². The van der Waals surface area contributed by atoms with E-state index >= 15 is 0 Å². The van der Waals surface area contributed by atoms with Crippen LogP contribution in [0.3, 0.4) is 0 Å². The number of rotatable bonds is 6. The maximum Gasteiger partial charge on any atom is 0.223 e. The second-order valence-corrected chi connectivity index (χ2v) is 6.04. The quantitative estimate of drug-likeness (QED) is 0.860. The monoisotopic (exact) mass is 337 g/mol. The molecule has 1 aliphatic heterocycles. The largest absolute Gasteiger partial charge is 0.392 e. The van der Waals surface area contributed by atoms with Crippen molar-refractivity contribution in [3.8, 4) is 6.07 Å². The summed E-state index contributed by atoms with van der Waals surface area (Å²) in [6.45, 7) is 1.02. The van der Waals surface area contributed by atoms with E-state index < -0.39 is 23.8 Å². The summed E-state index contributed by atoms with van der Waals surface area (Å²) in [4.78, 5) is 15.3. The maximum absolute atomic E-state index is 14.0. The summed E-state index contributed by atoms with van der Waals surface area (Å²) in [6.07, 6.45) is 0.131. The van der Waals surface area contributed by atoms with Crippen LogP contribution in [0.4, 0.5) is 8.78 Å². The van der Waals surface area contributed by atoms with Gasteiger partial charge in [-0.1, -0.05) is 0 Å². The average molecular weight is 337 g/mol. The van der Waals surface area contributed by atoms with Crippen molar-refractivity contribution in [1.82, 2.24) is 9.80 Å². The Morgan fingerprint density at radius 3 is 2.96 bits per heavy atom. The lowest BCUT2D eigenvalue weighted by atomic mass is 10.0. The van der Waals surface area contributed by atoms with Gasteiger partial charge in [0.15, 0.2) is 0 Å². The summed E-state index contributed by atoms with van der Waals surface area (Å²) in [6, 6.07) is 4.81. The molecular weight excluding hydrogens is 316 g/mol. The van der Waals surface area contributed by atoms with Crippen molar-refractivity contribution in [2.45, 2.75) is 31.4 Å². The zero-order valence-corrected chi connectivity index (χ0v) is 13.6. The molecular formula is C17H21F2N3O2. The first-order valence-corrected chi connectivity index (χ1v) is 7.90. The Kier molecular flexibility index (Phi) is 6.23. The lowest BCUT2D eigenvalue weighted by molar-refractivity contribution is -0.130. The molecule has 0 aliphatic carbocycles. The molecule has 0 bridgehead atoms. The van der Waals surface area contributed by atoms with Gasteiger partial charge in [-0.2, -0.15) is 5.26 Å². The number of aliphatic hydroxyl groups is 1. The number of carbonyl (C=O) groups is 1. The minimum Gasteiger partial charge on any atom is -0.392 e. The smallest absolute Gasteiger partial charge is 0.223 e. The third-order valence-corrected chi connectivity index (χ3v) is 4.30. The minimum atomic E-state index is -0.635. The van der Waals surface area contributed by atoms with Crippen LogP contribution in [0.15, 0.2) is 18.2 Å². The summed E-state index contributed by atoms with van der Waals surface area (Å²) < 4.78 is 27.4. The van der Waals surface area contributed by atoms with Crippen molar-refractivity contribution >= 4 is 5.91 Å². The second-order valence-electron chi connectivity index (χ2n) is 6.04. The second kappa shape index (κ2) is 8.18. The molecule has 5 nitrogen and oxygen atoms in total. The SMILES string of the molecule is CN(CCC#N)C(=O)CCN1C[C@@H](O)C[C@@H]1c1cc(F)ccc1F. The fourth-order valence-corrected chi connectivity index (χ4v) is 2.99. The minimum absolute atomic E-state index is 0.120. The number of hydrogen-bond acceptors (Lipinski definition) is 4.